The molecular formula is C71H116O6. The molecule has 0 aromatic carbocycles. The number of allylic oxidation sites excluding steroid dienone is 22. The smallest absolute Gasteiger partial charge is 0.306 e. The van der Waals surface area contributed by atoms with Crippen LogP contribution in [0.3, 0.4) is 0 Å². The van der Waals surface area contributed by atoms with Crippen LogP contribution < -0.4 is 0 Å². The minimum atomic E-state index is -0.818. The van der Waals surface area contributed by atoms with Crippen molar-refractivity contribution in [3.05, 3.63) is 134 Å². The Hall–Kier alpha value is -4.45. The molecule has 1 atom stereocenters. The number of carbonyl (C=O) groups is 3. The van der Waals surface area contributed by atoms with Gasteiger partial charge in [-0.05, 0) is 122 Å². The summed E-state index contributed by atoms with van der Waals surface area (Å²) in [6, 6.07) is 0. The SMILES string of the molecule is CC/C=C\C/C=C\C/C=C\C/C=C\C/C=C\CCCC(=O)OC(COC(=O)CCCCCCC/C=C\C/C=C\CCC)COC(=O)CCCCCCCCCCCCCCCCCC/C=C\C/C=C\C/C=C\C/C=C\CC. The summed E-state index contributed by atoms with van der Waals surface area (Å²) in [6.45, 7) is 6.30. The van der Waals surface area contributed by atoms with Crippen molar-refractivity contribution in [1.82, 2.24) is 0 Å². The summed E-state index contributed by atoms with van der Waals surface area (Å²) < 4.78 is 16.8. The molecule has 0 rings (SSSR count). The minimum absolute atomic E-state index is 0.107. The van der Waals surface area contributed by atoms with Gasteiger partial charge in [0.15, 0.2) is 6.10 Å². The summed E-state index contributed by atoms with van der Waals surface area (Å²) in [5.41, 5.74) is 0. The lowest BCUT2D eigenvalue weighted by atomic mass is 10.0. The second-order valence-electron chi connectivity index (χ2n) is 20.5. The average molecular weight is 1070 g/mol. The van der Waals surface area contributed by atoms with Gasteiger partial charge in [0, 0.05) is 19.3 Å². The molecule has 0 saturated carbocycles. The van der Waals surface area contributed by atoms with Crippen molar-refractivity contribution < 1.29 is 28.6 Å². The number of carbonyl (C=O) groups excluding carboxylic acids is 3. The number of hydrogen-bond donors (Lipinski definition) is 0. The molecule has 0 aromatic heterocycles. The van der Waals surface area contributed by atoms with Crippen LogP contribution in [0, 0.1) is 0 Å². The molecule has 1 unspecified atom stereocenters. The molecule has 0 aliphatic carbocycles. The molecule has 0 heterocycles. The highest BCUT2D eigenvalue weighted by atomic mass is 16.6. The van der Waals surface area contributed by atoms with Crippen molar-refractivity contribution in [3.8, 4) is 0 Å². The third-order valence-electron chi connectivity index (χ3n) is 13.1. The van der Waals surface area contributed by atoms with Crippen LogP contribution in [-0.4, -0.2) is 37.2 Å². The highest BCUT2D eigenvalue weighted by molar-refractivity contribution is 5.71. The molecule has 6 heteroatoms. The molecule has 0 spiro atoms. The van der Waals surface area contributed by atoms with E-state index in [1.807, 2.05) is 0 Å². The van der Waals surface area contributed by atoms with E-state index in [1.54, 1.807) is 0 Å². The Kier molecular flexibility index (Phi) is 60.4. The fourth-order valence-corrected chi connectivity index (χ4v) is 8.45. The van der Waals surface area contributed by atoms with E-state index in [0.717, 1.165) is 135 Å². The highest BCUT2D eigenvalue weighted by Gasteiger charge is 2.19. The lowest BCUT2D eigenvalue weighted by molar-refractivity contribution is -0.167. The van der Waals surface area contributed by atoms with Crippen molar-refractivity contribution in [3.63, 3.8) is 0 Å². The molecule has 6 nitrogen and oxygen atoms in total. The van der Waals surface area contributed by atoms with Gasteiger partial charge in [0.25, 0.3) is 0 Å². The van der Waals surface area contributed by atoms with E-state index in [2.05, 4.69) is 154 Å². The van der Waals surface area contributed by atoms with Crippen molar-refractivity contribution >= 4 is 17.9 Å². The molecule has 0 saturated heterocycles. The normalized spacial score (nSPS) is 13.0. The van der Waals surface area contributed by atoms with E-state index in [4.69, 9.17) is 14.2 Å². The molecule has 0 fully saturated rings. The van der Waals surface area contributed by atoms with Crippen molar-refractivity contribution in [2.45, 2.75) is 284 Å². The first-order chi connectivity index (χ1) is 38.0. The zero-order valence-electron chi connectivity index (χ0n) is 49.9. The summed E-state index contributed by atoms with van der Waals surface area (Å²) in [7, 11) is 0. The molecule has 0 aliphatic rings. The van der Waals surface area contributed by atoms with Crippen LogP contribution >= 0.6 is 0 Å². The fourth-order valence-electron chi connectivity index (χ4n) is 8.45. The first-order valence-electron chi connectivity index (χ1n) is 31.7. The Morgan fingerprint density at radius 2 is 0.519 bits per heavy atom. The maximum atomic E-state index is 12.9. The molecule has 0 aromatic rings. The molecule has 0 amide bonds. The number of ether oxygens (including phenoxy) is 3. The van der Waals surface area contributed by atoms with E-state index in [9.17, 15) is 14.4 Å². The van der Waals surface area contributed by atoms with Gasteiger partial charge in [-0.3, -0.25) is 14.4 Å². The summed E-state index contributed by atoms with van der Waals surface area (Å²) in [6.07, 6.45) is 90.4. The van der Waals surface area contributed by atoms with Gasteiger partial charge >= 0.3 is 17.9 Å². The third kappa shape index (κ3) is 62.3. The van der Waals surface area contributed by atoms with Crippen LogP contribution in [-0.2, 0) is 28.6 Å². The number of esters is 3. The Morgan fingerprint density at radius 1 is 0.273 bits per heavy atom. The molecule has 0 radical (unpaired) electrons. The minimum Gasteiger partial charge on any atom is -0.462 e. The number of rotatable bonds is 56. The van der Waals surface area contributed by atoms with Gasteiger partial charge in [0.05, 0.1) is 0 Å². The van der Waals surface area contributed by atoms with Crippen molar-refractivity contribution in [2.24, 2.45) is 0 Å². The van der Waals surface area contributed by atoms with E-state index in [1.165, 1.54) is 96.3 Å². The zero-order chi connectivity index (χ0) is 55.7. The highest BCUT2D eigenvalue weighted by Crippen LogP contribution is 2.16. The first-order valence-corrected chi connectivity index (χ1v) is 31.7. The Labute approximate surface area is 475 Å². The van der Waals surface area contributed by atoms with Gasteiger partial charge in [0.1, 0.15) is 13.2 Å². The second kappa shape index (κ2) is 64.1. The van der Waals surface area contributed by atoms with E-state index < -0.39 is 6.10 Å². The van der Waals surface area contributed by atoms with Crippen LogP contribution in [0.4, 0.5) is 0 Å². The van der Waals surface area contributed by atoms with Crippen LogP contribution in [0.5, 0.6) is 0 Å². The van der Waals surface area contributed by atoms with Crippen LogP contribution in [0.15, 0.2) is 134 Å². The molecule has 77 heavy (non-hydrogen) atoms. The van der Waals surface area contributed by atoms with Crippen LogP contribution in [0.2, 0.25) is 0 Å². The summed E-state index contributed by atoms with van der Waals surface area (Å²) >= 11 is 0. The molecular weight excluding hydrogens is 949 g/mol. The lowest BCUT2D eigenvalue weighted by Gasteiger charge is -2.18. The largest absolute Gasteiger partial charge is 0.462 e. The Balaban J connectivity index is 4.31. The third-order valence-corrected chi connectivity index (χ3v) is 13.1. The maximum absolute atomic E-state index is 12.9. The Morgan fingerprint density at radius 3 is 0.831 bits per heavy atom. The molecule has 0 aliphatic heterocycles. The van der Waals surface area contributed by atoms with Crippen molar-refractivity contribution in [2.75, 3.05) is 13.2 Å². The maximum Gasteiger partial charge on any atom is 0.306 e. The second-order valence-corrected chi connectivity index (χ2v) is 20.5. The topological polar surface area (TPSA) is 78.9 Å². The predicted octanol–water partition coefficient (Wildman–Crippen LogP) is 21.8. The number of unbranched alkanes of at least 4 members (excludes halogenated alkanes) is 23. The lowest BCUT2D eigenvalue weighted by Crippen LogP contribution is -2.30. The molecule has 436 valence electrons. The first kappa shape index (κ1) is 72.5. The monoisotopic (exact) mass is 1060 g/mol. The van der Waals surface area contributed by atoms with Gasteiger partial charge in [-0.25, -0.2) is 0 Å². The van der Waals surface area contributed by atoms with Crippen LogP contribution in [0.1, 0.15) is 278 Å². The molecule has 0 bridgehead atoms. The van der Waals surface area contributed by atoms with E-state index in [-0.39, 0.29) is 37.5 Å². The van der Waals surface area contributed by atoms with E-state index in [0.29, 0.717) is 19.3 Å². The van der Waals surface area contributed by atoms with Gasteiger partial charge in [0.2, 0.25) is 0 Å². The fraction of sp³-hybridized carbons (Fsp3) is 0.648. The summed E-state index contributed by atoms with van der Waals surface area (Å²) in [5, 5.41) is 0. The van der Waals surface area contributed by atoms with Gasteiger partial charge in [-0.2, -0.15) is 0 Å². The van der Waals surface area contributed by atoms with Crippen molar-refractivity contribution in [1.29, 1.82) is 0 Å². The predicted molar refractivity (Wildman–Crippen MR) is 334 cm³/mol. The van der Waals surface area contributed by atoms with Crippen LogP contribution in [0.25, 0.3) is 0 Å². The average Bonchev–Trinajstić information content (AvgIpc) is 3.43. The Bertz CT molecular complexity index is 1650. The van der Waals surface area contributed by atoms with Gasteiger partial charge in [-0.1, -0.05) is 270 Å². The summed E-state index contributed by atoms with van der Waals surface area (Å²) in [5.74, 6) is -0.979. The number of hydrogen-bond acceptors (Lipinski definition) is 6. The standard InChI is InChI=1S/C71H116O6/c1-4-7-10-13-16-19-22-25-27-29-30-31-32-33-34-35-36-37-38-39-40-42-43-46-49-52-55-58-61-64-70(73)76-67-68(66-75-69(72)63-60-57-54-51-48-45-24-21-18-15-12-9-6-3)77-71(74)65-62-59-56-53-50-47-44-41-28-26-23-20-17-14-11-8-5-2/h7-8,10-12,15-17,19-21,24-28,30-31,44,47,53,56,68H,4-6,9,13-14,18,22-23,29,32-43,45-46,48-52,54-55,57-67H2,1-3H3/b10-7-,11-8-,15-12-,19-16-,20-17-,24-21-,27-25-,28-26-,31-30-,47-44-,56-53-. The molecule has 0 N–H and O–H groups in total. The summed E-state index contributed by atoms with van der Waals surface area (Å²) in [4.78, 5) is 38.2. The zero-order valence-corrected chi connectivity index (χ0v) is 49.9. The van der Waals surface area contributed by atoms with E-state index >= 15 is 0 Å². The van der Waals surface area contributed by atoms with Gasteiger partial charge < -0.3 is 14.2 Å². The quantitative estimate of drug-likeness (QED) is 0.0261. The van der Waals surface area contributed by atoms with Gasteiger partial charge in [-0.15, -0.1) is 0 Å².